The van der Waals surface area contributed by atoms with Crippen molar-refractivity contribution in [3.8, 4) is 22.6 Å². The first-order valence-electron chi connectivity index (χ1n) is 11.4. The molecule has 3 heterocycles. The first-order valence-corrected chi connectivity index (χ1v) is 15.6. The zero-order chi connectivity index (χ0) is 23.2. The summed E-state index contributed by atoms with van der Waals surface area (Å²) in [6, 6.07) is 37.1. The fraction of sp³-hybridized carbons (Fsp3) is 0. The van der Waals surface area contributed by atoms with E-state index in [0.717, 1.165) is 40.5 Å². The second-order valence-corrected chi connectivity index (χ2v) is 14.7. The van der Waals surface area contributed by atoms with Crippen molar-refractivity contribution in [3.63, 3.8) is 0 Å². The van der Waals surface area contributed by atoms with Gasteiger partial charge in [0.05, 0.1) is 0 Å². The molecule has 1 aliphatic rings. The molecule has 6 aromatic rings. The average Bonchev–Trinajstić information content (AvgIpc) is 3.19. The van der Waals surface area contributed by atoms with Crippen LogP contribution in [0, 0.1) is 0 Å². The number of pyridine rings is 2. The number of para-hydroxylation sites is 2. The molecule has 0 saturated carbocycles. The molecule has 0 N–H and O–H groups in total. The van der Waals surface area contributed by atoms with Crippen LogP contribution in [0.2, 0.25) is 0 Å². The van der Waals surface area contributed by atoms with Crippen LogP contribution in [0.25, 0.3) is 32.9 Å². The predicted molar refractivity (Wildman–Crippen MR) is 142 cm³/mol. The Balaban J connectivity index is 1.51. The second-order valence-electron chi connectivity index (χ2n) is 8.32. The molecule has 0 bridgehead atoms. The van der Waals surface area contributed by atoms with Gasteiger partial charge in [-0.2, -0.15) is 0 Å². The van der Waals surface area contributed by atoms with E-state index in [1.54, 1.807) is 12.4 Å². The van der Waals surface area contributed by atoms with Crippen molar-refractivity contribution in [1.82, 2.24) is 9.97 Å². The summed E-state index contributed by atoms with van der Waals surface area (Å²) in [5.41, 5.74) is 4.01. The molecule has 0 radical (unpaired) electrons. The molecule has 0 spiro atoms. The Bertz CT molecular complexity index is 1590. The van der Waals surface area contributed by atoms with E-state index in [9.17, 15) is 0 Å². The van der Waals surface area contributed by atoms with Gasteiger partial charge in [0.2, 0.25) is 0 Å². The topological polar surface area (TPSA) is 44.2 Å². The van der Waals surface area contributed by atoms with Crippen molar-refractivity contribution in [2.75, 3.05) is 0 Å². The van der Waals surface area contributed by atoms with E-state index >= 15 is 0 Å². The Kier molecular flexibility index (Phi) is 4.73. The van der Waals surface area contributed by atoms with Crippen molar-refractivity contribution >= 4 is 48.0 Å². The third-order valence-electron chi connectivity index (χ3n) is 6.25. The maximum absolute atomic E-state index is 7.16. The number of hydrogen-bond donors (Lipinski definition) is 0. The molecule has 0 aliphatic carbocycles. The molecule has 0 fully saturated rings. The van der Waals surface area contributed by atoms with Gasteiger partial charge in [-0.3, -0.25) is 0 Å². The number of aromatic nitrogens is 2. The van der Waals surface area contributed by atoms with E-state index in [0.29, 0.717) is 0 Å². The Morgan fingerprint density at radius 3 is 1.43 bits per heavy atom. The summed E-state index contributed by atoms with van der Waals surface area (Å²) in [6.07, 6.45) is 3.61. The quantitative estimate of drug-likeness (QED) is 0.265. The molecule has 0 amide bonds. The molecular weight excluding hydrogens is 548 g/mol. The van der Waals surface area contributed by atoms with E-state index in [1.165, 1.54) is 11.1 Å². The summed E-state index contributed by atoms with van der Waals surface area (Å²) in [4.78, 5) is 9.32. The van der Waals surface area contributed by atoms with E-state index in [2.05, 4.69) is 82.8 Å². The van der Waals surface area contributed by atoms with E-state index in [1.807, 2.05) is 36.4 Å². The van der Waals surface area contributed by atoms with Crippen LogP contribution in [-0.4, -0.2) is 29.0 Å². The fourth-order valence-electron chi connectivity index (χ4n) is 4.70. The summed E-state index contributed by atoms with van der Waals surface area (Å²) in [6.45, 7) is 0. The Hall–Kier alpha value is -3.91. The summed E-state index contributed by atoms with van der Waals surface area (Å²) in [7, 11) is 0. The Labute approximate surface area is 207 Å². The SMILES string of the molecule is c1ccc2c(c1)-c1ccccc1[Te]2(Oc1cccc2cccnc12)Oc1cccc2cccnc12. The van der Waals surface area contributed by atoms with Crippen molar-refractivity contribution in [3.05, 3.63) is 122 Å². The molecule has 0 atom stereocenters. The Morgan fingerprint density at radius 2 is 0.914 bits per heavy atom. The monoisotopic (exact) mass is 570 g/mol. The van der Waals surface area contributed by atoms with Gasteiger partial charge < -0.3 is 0 Å². The molecule has 7 rings (SSSR count). The molecule has 4 aromatic carbocycles. The number of hydrogen-bond acceptors (Lipinski definition) is 4. The summed E-state index contributed by atoms with van der Waals surface area (Å²) in [5, 5.41) is 2.07. The van der Waals surface area contributed by atoms with Gasteiger partial charge in [-0.05, 0) is 0 Å². The molecular formula is C30H20N2O2Te. The number of nitrogens with zero attached hydrogens (tertiary/aromatic N) is 2. The predicted octanol–water partition coefficient (Wildman–Crippen LogP) is 5.48. The zero-order valence-electron chi connectivity index (χ0n) is 18.7. The minimum absolute atomic E-state index is 0.740. The van der Waals surface area contributed by atoms with Gasteiger partial charge in [0.25, 0.3) is 0 Å². The first kappa shape index (κ1) is 20.5. The van der Waals surface area contributed by atoms with Crippen molar-refractivity contribution in [1.29, 1.82) is 0 Å². The second kappa shape index (κ2) is 8.09. The van der Waals surface area contributed by atoms with Crippen LogP contribution < -0.4 is 13.4 Å². The van der Waals surface area contributed by atoms with Crippen LogP contribution >= 0.6 is 0 Å². The van der Waals surface area contributed by atoms with Gasteiger partial charge in [0, 0.05) is 0 Å². The number of fused-ring (bicyclic) bond motifs is 5. The van der Waals surface area contributed by atoms with Gasteiger partial charge in [-0.15, -0.1) is 0 Å². The van der Waals surface area contributed by atoms with Crippen LogP contribution in [0.1, 0.15) is 0 Å². The molecule has 0 saturated heterocycles. The van der Waals surface area contributed by atoms with E-state index in [-0.39, 0.29) is 0 Å². The van der Waals surface area contributed by atoms with E-state index in [4.69, 9.17) is 6.20 Å². The third kappa shape index (κ3) is 3.20. The summed E-state index contributed by atoms with van der Waals surface area (Å²) < 4.78 is 16.6. The van der Waals surface area contributed by atoms with Crippen LogP contribution in [0.15, 0.2) is 122 Å². The average molecular weight is 568 g/mol. The van der Waals surface area contributed by atoms with Gasteiger partial charge in [-0.25, -0.2) is 0 Å². The fourth-order valence-corrected chi connectivity index (χ4v) is 12.9. The number of benzene rings is 4. The summed E-state index contributed by atoms with van der Waals surface area (Å²) >= 11 is -4.03. The minimum atomic E-state index is -4.03. The third-order valence-corrected chi connectivity index (χ3v) is 14.0. The van der Waals surface area contributed by atoms with Crippen molar-refractivity contribution in [2.24, 2.45) is 0 Å². The molecule has 4 nitrogen and oxygen atoms in total. The molecule has 0 unspecified atom stereocenters. The zero-order valence-corrected chi connectivity index (χ0v) is 21.0. The van der Waals surface area contributed by atoms with Crippen molar-refractivity contribution < 1.29 is 6.20 Å². The van der Waals surface area contributed by atoms with Gasteiger partial charge in [-0.1, -0.05) is 0 Å². The van der Waals surface area contributed by atoms with Crippen LogP contribution in [0.3, 0.4) is 0 Å². The van der Waals surface area contributed by atoms with Crippen LogP contribution in [0.5, 0.6) is 11.5 Å². The molecule has 35 heavy (non-hydrogen) atoms. The van der Waals surface area contributed by atoms with Gasteiger partial charge in [0.15, 0.2) is 0 Å². The molecule has 1 aliphatic heterocycles. The van der Waals surface area contributed by atoms with Crippen LogP contribution in [0.4, 0.5) is 0 Å². The molecule has 5 heteroatoms. The van der Waals surface area contributed by atoms with E-state index < -0.39 is 19.0 Å². The summed E-state index contributed by atoms with van der Waals surface area (Å²) in [5.74, 6) is 1.48. The Morgan fingerprint density at radius 1 is 0.457 bits per heavy atom. The van der Waals surface area contributed by atoms with Gasteiger partial charge >= 0.3 is 208 Å². The molecule has 2 aromatic heterocycles. The normalized spacial score (nSPS) is 14.3. The maximum atomic E-state index is 7.16. The van der Waals surface area contributed by atoms with Gasteiger partial charge in [0.1, 0.15) is 0 Å². The van der Waals surface area contributed by atoms with Crippen molar-refractivity contribution in [2.45, 2.75) is 0 Å². The standard InChI is InChI=1S/C30H20N2O2Te/c1-3-17-27-23(13-1)24-14-2-4-18-28(24)35(27,33-25-15-5-9-21-11-7-19-31-29(21)25)34-26-16-6-10-22-12-8-20-32-30(22)26/h1-20H. The van der Waals surface area contributed by atoms with Crippen LogP contribution in [-0.2, 0) is 0 Å². The first-order chi connectivity index (χ1) is 17.3. The number of rotatable bonds is 4. The molecule has 168 valence electrons.